The summed E-state index contributed by atoms with van der Waals surface area (Å²) in [6.07, 6.45) is 2.29. The standard InChI is InChI=1S/C16H16ClNO3S2/c1-3-9(2)13(15(20)21)18-14(19)12(23-16(18)22)8-10-6-4-5-7-11(10)17/h4-9,13H,3H2,1-2H3,(H,20,21). The second-order valence-electron chi connectivity index (χ2n) is 5.24. The van der Waals surface area contributed by atoms with E-state index in [-0.39, 0.29) is 16.1 Å². The second-order valence-corrected chi connectivity index (χ2v) is 7.32. The van der Waals surface area contributed by atoms with Gasteiger partial charge in [0.15, 0.2) is 0 Å². The number of thioether (sulfide) groups is 1. The van der Waals surface area contributed by atoms with Gasteiger partial charge in [-0.05, 0) is 23.6 Å². The molecule has 0 radical (unpaired) electrons. The summed E-state index contributed by atoms with van der Waals surface area (Å²) >= 11 is 12.4. The fourth-order valence-corrected chi connectivity index (χ4v) is 3.80. The molecule has 1 aliphatic rings. The molecule has 0 spiro atoms. The number of carbonyl (C=O) groups is 2. The number of hydrogen-bond acceptors (Lipinski definition) is 4. The van der Waals surface area contributed by atoms with E-state index in [0.29, 0.717) is 21.9 Å². The molecule has 2 rings (SSSR count). The molecular formula is C16H16ClNO3S2. The van der Waals surface area contributed by atoms with Crippen molar-refractivity contribution >= 4 is 57.9 Å². The minimum atomic E-state index is -1.05. The molecule has 2 unspecified atom stereocenters. The Morgan fingerprint density at radius 2 is 2.13 bits per heavy atom. The highest BCUT2D eigenvalue weighted by Crippen LogP contribution is 2.36. The van der Waals surface area contributed by atoms with Gasteiger partial charge >= 0.3 is 5.97 Å². The van der Waals surface area contributed by atoms with E-state index in [4.69, 9.17) is 23.8 Å². The first kappa shape index (κ1) is 18.0. The van der Waals surface area contributed by atoms with E-state index in [2.05, 4.69) is 0 Å². The summed E-state index contributed by atoms with van der Waals surface area (Å²) in [4.78, 5) is 25.8. The van der Waals surface area contributed by atoms with Crippen LogP contribution >= 0.6 is 35.6 Å². The number of thiocarbonyl (C=S) groups is 1. The number of nitrogens with zero attached hydrogens (tertiary/aromatic N) is 1. The summed E-state index contributed by atoms with van der Waals surface area (Å²) < 4.78 is 0.265. The molecule has 0 aromatic heterocycles. The number of rotatable bonds is 5. The Hall–Kier alpha value is -1.37. The van der Waals surface area contributed by atoms with Gasteiger partial charge in [0.1, 0.15) is 10.4 Å². The number of halogens is 1. The highest BCUT2D eigenvalue weighted by atomic mass is 35.5. The predicted molar refractivity (Wildman–Crippen MR) is 97.3 cm³/mol. The minimum absolute atomic E-state index is 0.199. The van der Waals surface area contributed by atoms with Crippen LogP contribution in [-0.4, -0.2) is 32.2 Å². The van der Waals surface area contributed by atoms with E-state index in [1.165, 1.54) is 4.90 Å². The first-order valence-electron chi connectivity index (χ1n) is 7.11. The molecule has 1 aliphatic heterocycles. The van der Waals surface area contributed by atoms with Crippen molar-refractivity contribution in [2.75, 3.05) is 0 Å². The van der Waals surface area contributed by atoms with Crippen molar-refractivity contribution in [3.8, 4) is 0 Å². The lowest BCUT2D eigenvalue weighted by atomic mass is 9.98. The van der Waals surface area contributed by atoms with Crippen LogP contribution in [0.2, 0.25) is 5.02 Å². The lowest BCUT2D eigenvalue weighted by molar-refractivity contribution is -0.147. The van der Waals surface area contributed by atoms with Crippen LogP contribution in [0.25, 0.3) is 6.08 Å². The van der Waals surface area contributed by atoms with E-state index in [9.17, 15) is 14.7 Å². The topological polar surface area (TPSA) is 57.6 Å². The number of carboxylic acids is 1. The van der Waals surface area contributed by atoms with Crippen molar-refractivity contribution in [3.05, 3.63) is 39.8 Å². The highest BCUT2D eigenvalue weighted by molar-refractivity contribution is 8.26. The number of carbonyl (C=O) groups excluding carboxylic acids is 1. The molecular weight excluding hydrogens is 354 g/mol. The molecule has 1 aromatic rings. The number of benzene rings is 1. The first-order chi connectivity index (χ1) is 10.9. The van der Waals surface area contributed by atoms with Crippen LogP contribution in [-0.2, 0) is 9.59 Å². The lowest BCUT2D eigenvalue weighted by Gasteiger charge is -2.27. The van der Waals surface area contributed by atoms with Gasteiger partial charge in [-0.3, -0.25) is 9.69 Å². The van der Waals surface area contributed by atoms with Gasteiger partial charge in [-0.1, -0.05) is 74.0 Å². The molecule has 4 nitrogen and oxygen atoms in total. The van der Waals surface area contributed by atoms with Crippen LogP contribution in [0, 0.1) is 5.92 Å². The van der Waals surface area contributed by atoms with Crippen LogP contribution in [0.15, 0.2) is 29.2 Å². The molecule has 1 aromatic carbocycles. The molecule has 2 atom stereocenters. The van der Waals surface area contributed by atoms with Gasteiger partial charge in [0.05, 0.1) is 4.91 Å². The zero-order valence-corrected chi connectivity index (χ0v) is 15.0. The first-order valence-corrected chi connectivity index (χ1v) is 8.71. The number of hydrogen-bond donors (Lipinski definition) is 1. The Balaban J connectivity index is 2.36. The van der Waals surface area contributed by atoms with E-state index in [1.807, 2.05) is 13.0 Å². The maximum atomic E-state index is 12.6. The molecule has 1 N–H and O–H groups in total. The maximum Gasteiger partial charge on any atom is 0.327 e. The van der Waals surface area contributed by atoms with Gasteiger partial charge in [0.2, 0.25) is 0 Å². The minimum Gasteiger partial charge on any atom is -0.480 e. The fourth-order valence-electron chi connectivity index (χ4n) is 2.28. The zero-order chi connectivity index (χ0) is 17.1. The third-order valence-corrected chi connectivity index (χ3v) is 5.40. The summed E-state index contributed by atoms with van der Waals surface area (Å²) in [6, 6.07) is 6.18. The summed E-state index contributed by atoms with van der Waals surface area (Å²) in [7, 11) is 0. The van der Waals surface area contributed by atoms with E-state index in [0.717, 1.165) is 11.8 Å². The zero-order valence-electron chi connectivity index (χ0n) is 12.7. The van der Waals surface area contributed by atoms with Crippen molar-refractivity contribution < 1.29 is 14.7 Å². The van der Waals surface area contributed by atoms with Crippen LogP contribution in [0.4, 0.5) is 0 Å². The lowest BCUT2D eigenvalue weighted by Crippen LogP contribution is -2.47. The van der Waals surface area contributed by atoms with Crippen molar-refractivity contribution in [2.45, 2.75) is 26.3 Å². The van der Waals surface area contributed by atoms with Crippen molar-refractivity contribution in [2.24, 2.45) is 5.92 Å². The number of aliphatic carboxylic acids is 1. The molecule has 1 amide bonds. The Morgan fingerprint density at radius 3 is 2.70 bits per heavy atom. The van der Waals surface area contributed by atoms with Gasteiger partial charge in [0, 0.05) is 5.02 Å². The summed E-state index contributed by atoms with van der Waals surface area (Å²) in [5.41, 5.74) is 0.699. The molecule has 0 saturated carbocycles. The molecule has 23 heavy (non-hydrogen) atoms. The van der Waals surface area contributed by atoms with Crippen molar-refractivity contribution in [1.82, 2.24) is 4.90 Å². The molecule has 1 fully saturated rings. The third-order valence-electron chi connectivity index (χ3n) is 3.73. The second kappa shape index (κ2) is 7.47. The van der Waals surface area contributed by atoms with Crippen LogP contribution in [0.1, 0.15) is 25.8 Å². The van der Waals surface area contributed by atoms with Crippen LogP contribution in [0.5, 0.6) is 0 Å². The number of amides is 1. The van der Waals surface area contributed by atoms with Gasteiger partial charge in [0.25, 0.3) is 5.91 Å². The van der Waals surface area contributed by atoms with Crippen LogP contribution in [0.3, 0.4) is 0 Å². The monoisotopic (exact) mass is 369 g/mol. The smallest absolute Gasteiger partial charge is 0.327 e. The Bertz CT molecular complexity index is 690. The molecule has 7 heteroatoms. The van der Waals surface area contributed by atoms with Crippen LogP contribution < -0.4 is 0 Å². The molecule has 1 heterocycles. The molecule has 1 saturated heterocycles. The number of carboxylic acid groups (broad SMARTS) is 1. The predicted octanol–water partition coefficient (Wildman–Crippen LogP) is 4.04. The van der Waals surface area contributed by atoms with Gasteiger partial charge < -0.3 is 5.11 Å². The largest absolute Gasteiger partial charge is 0.480 e. The molecule has 0 bridgehead atoms. The van der Waals surface area contributed by atoms with E-state index >= 15 is 0 Å². The Kier molecular flexibility index (Phi) is 5.84. The van der Waals surface area contributed by atoms with E-state index in [1.54, 1.807) is 31.2 Å². The van der Waals surface area contributed by atoms with Gasteiger partial charge in [-0.2, -0.15) is 0 Å². The van der Waals surface area contributed by atoms with Crippen molar-refractivity contribution in [3.63, 3.8) is 0 Å². The SMILES string of the molecule is CCC(C)C(C(=O)O)N1C(=O)C(=Cc2ccccc2Cl)SC1=S. The van der Waals surface area contributed by atoms with Crippen molar-refractivity contribution in [1.29, 1.82) is 0 Å². The Morgan fingerprint density at radius 1 is 1.48 bits per heavy atom. The normalized spacial score (nSPS) is 19.3. The molecule has 122 valence electrons. The molecule has 0 aliphatic carbocycles. The highest BCUT2D eigenvalue weighted by Gasteiger charge is 2.42. The van der Waals surface area contributed by atoms with Gasteiger partial charge in [-0.25, -0.2) is 4.79 Å². The summed E-state index contributed by atoms with van der Waals surface area (Å²) in [6.45, 7) is 3.69. The van der Waals surface area contributed by atoms with Gasteiger partial charge in [-0.15, -0.1) is 0 Å². The average molecular weight is 370 g/mol. The third kappa shape index (κ3) is 3.76. The summed E-state index contributed by atoms with van der Waals surface area (Å²) in [5.74, 6) is -1.63. The fraction of sp³-hybridized carbons (Fsp3) is 0.312. The summed E-state index contributed by atoms with van der Waals surface area (Å²) in [5, 5.41) is 10.0. The average Bonchev–Trinajstić information content (AvgIpc) is 2.77. The Labute approximate surface area is 149 Å². The van der Waals surface area contributed by atoms with E-state index < -0.39 is 12.0 Å². The quantitative estimate of drug-likeness (QED) is 0.627. The maximum absolute atomic E-state index is 12.6.